The van der Waals surface area contributed by atoms with Crippen molar-refractivity contribution in [2.75, 3.05) is 6.54 Å². The Labute approximate surface area is 81.4 Å². The lowest BCUT2D eigenvalue weighted by atomic mass is 10.3. The van der Waals surface area contributed by atoms with Crippen LogP contribution in [0.15, 0.2) is 18.5 Å². The molecule has 0 aromatic carbocycles. The number of hydrogen-bond donors (Lipinski definition) is 2. The summed E-state index contributed by atoms with van der Waals surface area (Å²) in [5, 5.41) is 11.5. The van der Waals surface area contributed by atoms with Gasteiger partial charge in [0.25, 0.3) is 6.43 Å². The first-order chi connectivity index (χ1) is 6.59. The third-order valence-electron chi connectivity index (χ3n) is 1.87. The molecule has 1 unspecified atom stereocenters. The molecule has 80 valence electrons. The molecule has 1 heterocycles. The number of aromatic nitrogens is 1. The smallest absolute Gasteiger partial charge is 0.265 e. The minimum Gasteiger partial charge on any atom is -0.386 e. The second-order valence-electron chi connectivity index (χ2n) is 3.22. The van der Waals surface area contributed by atoms with Crippen LogP contribution in [0.25, 0.3) is 0 Å². The van der Waals surface area contributed by atoms with Gasteiger partial charge in [-0.05, 0) is 11.6 Å². The summed E-state index contributed by atoms with van der Waals surface area (Å²) in [6.07, 6.45) is -0.500. The highest BCUT2D eigenvalue weighted by atomic mass is 19.3. The largest absolute Gasteiger partial charge is 0.386 e. The summed E-state index contributed by atoms with van der Waals surface area (Å²) in [5.74, 6) is 0. The Hall–Kier alpha value is -0.940. The molecule has 0 saturated carbocycles. The molecule has 3 nitrogen and oxygen atoms in total. The number of nitrogens with zero attached hydrogens (tertiary/aromatic N) is 1. The topological polar surface area (TPSA) is 37.2 Å². The van der Waals surface area contributed by atoms with Crippen LogP contribution in [0.5, 0.6) is 0 Å². The van der Waals surface area contributed by atoms with Crippen molar-refractivity contribution >= 4 is 0 Å². The van der Waals surface area contributed by atoms with Crippen LogP contribution in [0.1, 0.15) is 5.56 Å². The minimum absolute atomic E-state index is 0.0907. The average molecular weight is 204 g/mol. The van der Waals surface area contributed by atoms with Crippen molar-refractivity contribution in [3.63, 3.8) is 0 Å². The van der Waals surface area contributed by atoms with Crippen LogP contribution < -0.4 is 5.32 Å². The lowest BCUT2D eigenvalue weighted by Gasteiger charge is -2.09. The minimum atomic E-state index is -2.68. The van der Waals surface area contributed by atoms with Crippen LogP contribution in [0, 0.1) is 0 Å². The zero-order chi connectivity index (χ0) is 10.6. The normalized spacial score (nSPS) is 13.5. The van der Waals surface area contributed by atoms with Gasteiger partial charge in [-0.1, -0.05) is 0 Å². The first-order valence-corrected chi connectivity index (χ1v) is 4.37. The van der Waals surface area contributed by atoms with Gasteiger partial charge < -0.3 is 15.0 Å². The zero-order valence-electron chi connectivity index (χ0n) is 7.95. The summed E-state index contributed by atoms with van der Waals surface area (Å²) in [7, 11) is 1.89. The molecule has 0 amide bonds. The van der Waals surface area contributed by atoms with E-state index in [1.54, 1.807) is 0 Å². The van der Waals surface area contributed by atoms with Gasteiger partial charge in [-0.25, -0.2) is 8.78 Å². The third-order valence-corrected chi connectivity index (χ3v) is 1.87. The molecule has 0 bridgehead atoms. The van der Waals surface area contributed by atoms with Crippen LogP contribution in [0.3, 0.4) is 0 Å². The molecular formula is C9H14F2N2O. The Bertz CT molecular complexity index is 276. The molecule has 1 atom stereocenters. The lowest BCUT2D eigenvalue weighted by molar-refractivity contribution is -0.00340. The van der Waals surface area contributed by atoms with Crippen LogP contribution >= 0.6 is 0 Å². The molecule has 0 aliphatic rings. The molecule has 0 aliphatic heterocycles. The van der Waals surface area contributed by atoms with Crippen molar-refractivity contribution < 1.29 is 13.9 Å². The van der Waals surface area contributed by atoms with E-state index in [0.717, 1.165) is 5.56 Å². The average Bonchev–Trinajstić information content (AvgIpc) is 2.51. The number of rotatable bonds is 5. The number of hydrogen-bond acceptors (Lipinski definition) is 2. The zero-order valence-corrected chi connectivity index (χ0v) is 7.95. The summed E-state index contributed by atoms with van der Waals surface area (Å²) in [6.45, 7) is 0.400. The molecule has 2 N–H and O–H groups in total. The second kappa shape index (κ2) is 5.07. The van der Waals surface area contributed by atoms with Crippen LogP contribution in [-0.2, 0) is 13.6 Å². The maximum atomic E-state index is 11.9. The highest BCUT2D eigenvalue weighted by Gasteiger charge is 2.15. The van der Waals surface area contributed by atoms with Gasteiger partial charge in [-0.15, -0.1) is 0 Å². The van der Waals surface area contributed by atoms with Crippen molar-refractivity contribution in [2.24, 2.45) is 7.05 Å². The third kappa shape index (κ3) is 3.43. The summed E-state index contributed by atoms with van der Waals surface area (Å²) < 4.78 is 25.6. The van der Waals surface area contributed by atoms with E-state index in [1.807, 2.05) is 30.1 Å². The van der Waals surface area contributed by atoms with E-state index in [0.29, 0.717) is 6.54 Å². The molecule has 14 heavy (non-hydrogen) atoms. The Kier molecular flexibility index (Phi) is 4.03. The first kappa shape index (κ1) is 11.1. The predicted molar refractivity (Wildman–Crippen MR) is 49.1 cm³/mol. The van der Waals surface area contributed by atoms with Crippen LogP contribution in [-0.4, -0.2) is 28.7 Å². The Morgan fingerprint density at radius 2 is 2.29 bits per heavy atom. The van der Waals surface area contributed by atoms with E-state index in [-0.39, 0.29) is 6.54 Å². The summed E-state index contributed by atoms with van der Waals surface area (Å²) in [5.41, 5.74) is 1.01. The monoisotopic (exact) mass is 204 g/mol. The van der Waals surface area contributed by atoms with Gasteiger partial charge in [0, 0.05) is 32.5 Å². The molecular weight excluding hydrogens is 190 g/mol. The molecule has 5 heteroatoms. The molecule has 1 rings (SSSR count). The van der Waals surface area contributed by atoms with E-state index < -0.39 is 12.5 Å². The Morgan fingerprint density at radius 1 is 1.57 bits per heavy atom. The predicted octanol–water partition coefficient (Wildman–Crippen LogP) is 0.741. The van der Waals surface area contributed by atoms with Crippen molar-refractivity contribution in [2.45, 2.75) is 19.1 Å². The van der Waals surface area contributed by atoms with E-state index in [4.69, 9.17) is 5.11 Å². The fourth-order valence-corrected chi connectivity index (χ4v) is 1.12. The molecule has 0 fully saturated rings. The van der Waals surface area contributed by atoms with Crippen molar-refractivity contribution in [1.29, 1.82) is 0 Å². The molecule has 0 radical (unpaired) electrons. The molecule has 1 aromatic rings. The van der Waals surface area contributed by atoms with E-state index in [2.05, 4.69) is 5.32 Å². The Morgan fingerprint density at radius 3 is 2.79 bits per heavy atom. The summed E-state index contributed by atoms with van der Waals surface area (Å²) in [6, 6.07) is 1.89. The summed E-state index contributed by atoms with van der Waals surface area (Å²) in [4.78, 5) is 0. The number of aliphatic hydroxyl groups excluding tert-OH is 1. The molecule has 0 aliphatic carbocycles. The number of halogens is 2. The fourth-order valence-electron chi connectivity index (χ4n) is 1.12. The van der Waals surface area contributed by atoms with Gasteiger partial charge in [0.1, 0.15) is 6.10 Å². The van der Waals surface area contributed by atoms with Gasteiger partial charge in [0.15, 0.2) is 0 Å². The van der Waals surface area contributed by atoms with E-state index >= 15 is 0 Å². The summed E-state index contributed by atoms with van der Waals surface area (Å²) >= 11 is 0. The maximum absolute atomic E-state index is 11.9. The van der Waals surface area contributed by atoms with Gasteiger partial charge in [-0.3, -0.25) is 0 Å². The van der Waals surface area contributed by atoms with Gasteiger partial charge >= 0.3 is 0 Å². The number of alkyl halides is 2. The standard InChI is InChI=1S/C9H14F2N2O/c1-13-3-2-7(6-13)4-12-5-8(14)9(10)11/h2-3,6,8-9,12,14H,4-5H2,1H3. The number of aliphatic hydroxyl groups is 1. The molecule has 1 aromatic heterocycles. The highest BCUT2D eigenvalue weighted by Crippen LogP contribution is 2.01. The van der Waals surface area contributed by atoms with E-state index in [1.165, 1.54) is 0 Å². The van der Waals surface area contributed by atoms with Crippen LogP contribution in [0.2, 0.25) is 0 Å². The Balaban J connectivity index is 2.22. The molecule has 0 spiro atoms. The van der Waals surface area contributed by atoms with Crippen molar-refractivity contribution in [1.82, 2.24) is 9.88 Å². The lowest BCUT2D eigenvalue weighted by Crippen LogP contribution is -2.31. The van der Waals surface area contributed by atoms with Crippen LogP contribution in [0.4, 0.5) is 8.78 Å². The van der Waals surface area contributed by atoms with Crippen molar-refractivity contribution in [3.05, 3.63) is 24.0 Å². The second-order valence-corrected chi connectivity index (χ2v) is 3.22. The first-order valence-electron chi connectivity index (χ1n) is 4.37. The van der Waals surface area contributed by atoms with Gasteiger partial charge in [0.2, 0.25) is 0 Å². The van der Waals surface area contributed by atoms with Gasteiger partial charge in [-0.2, -0.15) is 0 Å². The quantitative estimate of drug-likeness (QED) is 0.742. The number of nitrogens with one attached hydrogen (secondary N) is 1. The maximum Gasteiger partial charge on any atom is 0.265 e. The fraction of sp³-hybridized carbons (Fsp3) is 0.556. The van der Waals surface area contributed by atoms with Gasteiger partial charge in [0.05, 0.1) is 0 Å². The van der Waals surface area contributed by atoms with E-state index in [9.17, 15) is 8.78 Å². The molecule has 0 saturated heterocycles. The highest BCUT2D eigenvalue weighted by molar-refractivity contribution is 5.09. The number of aryl methyl sites for hydroxylation is 1. The van der Waals surface area contributed by atoms with Crippen molar-refractivity contribution in [3.8, 4) is 0 Å². The SMILES string of the molecule is Cn1ccc(CNCC(O)C(F)F)c1.